The number of allylic oxidation sites excluding steroid dienone is 2. The minimum absolute atomic E-state index is 0.0530. The van der Waals surface area contributed by atoms with Crippen LogP contribution in [0.5, 0.6) is 0 Å². The minimum atomic E-state index is -0.460. The molecule has 150 valence electrons. The Labute approximate surface area is 189 Å². The van der Waals surface area contributed by atoms with Crippen molar-refractivity contribution in [1.29, 1.82) is 0 Å². The molecule has 0 N–H and O–H groups in total. The minimum Gasteiger partial charge on any atom is -0.293 e. The van der Waals surface area contributed by atoms with Crippen molar-refractivity contribution in [3.8, 4) is 0 Å². The second-order valence-corrected chi connectivity index (χ2v) is 9.01. The predicted octanol–water partition coefficient (Wildman–Crippen LogP) is 7.23. The highest BCUT2D eigenvalue weighted by Crippen LogP contribution is 2.44. The van der Waals surface area contributed by atoms with Crippen molar-refractivity contribution in [2.24, 2.45) is 0 Å². The number of carbonyl (C=O) groups is 2. The first-order valence-corrected chi connectivity index (χ1v) is 11.2. The molecule has 0 aromatic heterocycles. The highest BCUT2D eigenvalue weighted by atomic mass is 35.5. The monoisotopic (exact) mass is 452 g/mol. The number of ketones is 2. The van der Waals surface area contributed by atoms with Crippen LogP contribution in [0, 0.1) is 0 Å². The molecular formula is C25H18Cl2O2S. The summed E-state index contributed by atoms with van der Waals surface area (Å²) < 4.78 is 0. The van der Waals surface area contributed by atoms with Crippen molar-refractivity contribution in [2.45, 2.75) is 17.6 Å². The molecule has 3 aromatic carbocycles. The van der Waals surface area contributed by atoms with Crippen LogP contribution in [0.2, 0.25) is 10.0 Å². The van der Waals surface area contributed by atoms with E-state index in [2.05, 4.69) is 0 Å². The molecule has 3 aromatic rings. The number of thioether (sulfide) groups is 1. The molecule has 2 nitrogen and oxygen atoms in total. The maximum atomic E-state index is 13.5. The van der Waals surface area contributed by atoms with Gasteiger partial charge >= 0.3 is 0 Å². The number of hydrogen-bond donors (Lipinski definition) is 0. The molecule has 0 saturated carbocycles. The summed E-state index contributed by atoms with van der Waals surface area (Å²) in [6, 6.07) is 23.9. The van der Waals surface area contributed by atoms with Crippen molar-refractivity contribution in [2.75, 3.05) is 0 Å². The summed E-state index contributed by atoms with van der Waals surface area (Å²) in [6.07, 6.45) is 2.51. The molecule has 0 spiro atoms. The first-order valence-electron chi connectivity index (χ1n) is 9.56. The summed E-state index contributed by atoms with van der Waals surface area (Å²) in [4.78, 5) is 27.2. The fourth-order valence-electron chi connectivity index (χ4n) is 3.61. The zero-order valence-electron chi connectivity index (χ0n) is 15.9. The first kappa shape index (κ1) is 20.9. The Bertz CT molecular complexity index is 1120. The summed E-state index contributed by atoms with van der Waals surface area (Å²) in [5.74, 6) is -0.283. The Balaban J connectivity index is 1.72. The van der Waals surface area contributed by atoms with E-state index < -0.39 is 5.25 Å². The average Bonchev–Trinajstić information content (AvgIpc) is 2.79. The normalized spacial score (nSPS) is 18.5. The van der Waals surface area contributed by atoms with E-state index in [-0.39, 0.29) is 17.5 Å². The van der Waals surface area contributed by atoms with Gasteiger partial charge in [0.1, 0.15) is 0 Å². The van der Waals surface area contributed by atoms with Crippen molar-refractivity contribution >= 4 is 46.5 Å². The lowest BCUT2D eigenvalue weighted by Gasteiger charge is -2.30. The maximum absolute atomic E-state index is 13.5. The van der Waals surface area contributed by atoms with Gasteiger partial charge in [0, 0.05) is 17.0 Å². The van der Waals surface area contributed by atoms with Crippen LogP contribution in [0.25, 0.3) is 0 Å². The molecule has 2 atom stereocenters. The van der Waals surface area contributed by atoms with Crippen LogP contribution in [-0.4, -0.2) is 16.8 Å². The molecule has 1 aliphatic heterocycles. The Kier molecular flexibility index (Phi) is 6.43. The van der Waals surface area contributed by atoms with E-state index in [1.54, 1.807) is 48.5 Å². The summed E-state index contributed by atoms with van der Waals surface area (Å²) >= 11 is 13.9. The first-order chi connectivity index (χ1) is 14.6. The number of rotatable bonds is 5. The van der Waals surface area contributed by atoms with Gasteiger partial charge < -0.3 is 0 Å². The number of hydrogen-bond acceptors (Lipinski definition) is 3. The van der Waals surface area contributed by atoms with Crippen molar-refractivity contribution in [3.63, 3.8) is 0 Å². The van der Waals surface area contributed by atoms with Gasteiger partial charge in [-0.25, -0.2) is 0 Å². The molecule has 0 fully saturated rings. The smallest absolute Gasteiger partial charge is 0.200 e. The average molecular weight is 453 g/mol. The van der Waals surface area contributed by atoms with Crippen molar-refractivity contribution in [1.82, 2.24) is 0 Å². The molecule has 1 heterocycles. The molecule has 4 rings (SSSR count). The zero-order valence-corrected chi connectivity index (χ0v) is 18.3. The maximum Gasteiger partial charge on any atom is 0.200 e. The van der Waals surface area contributed by atoms with Crippen LogP contribution in [0.4, 0.5) is 0 Å². The van der Waals surface area contributed by atoms with Gasteiger partial charge in [-0.3, -0.25) is 9.59 Å². The number of carbonyl (C=O) groups excluding carboxylic acids is 2. The molecule has 30 heavy (non-hydrogen) atoms. The number of halogens is 2. The molecule has 5 heteroatoms. The lowest BCUT2D eigenvalue weighted by Crippen LogP contribution is -2.29. The third-order valence-electron chi connectivity index (χ3n) is 5.14. The van der Waals surface area contributed by atoms with Gasteiger partial charge in [-0.2, -0.15) is 0 Å². The van der Waals surface area contributed by atoms with E-state index in [0.717, 1.165) is 5.56 Å². The van der Waals surface area contributed by atoms with Gasteiger partial charge in [-0.1, -0.05) is 83.9 Å². The van der Waals surface area contributed by atoms with E-state index in [4.69, 9.17) is 23.2 Å². The van der Waals surface area contributed by atoms with Crippen LogP contribution in [0.15, 0.2) is 89.8 Å². The Morgan fingerprint density at radius 3 is 1.97 bits per heavy atom. The number of Topliss-reactive ketones (excluding diaryl/α,β-unsaturated/α-hetero) is 2. The summed E-state index contributed by atoms with van der Waals surface area (Å²) in [6.45, 7) is 0. The molecule has 0 aliphatic carbocycles. The second-order valence-electron chi connectivity index (χ2n) is 7.01. The molecule has 0 bridgehead atoms. The van der Waals surface area contributed by atoms with Gasteiger partial charge in [0.15, 0.2) is 5.78 Å². The van der Waals surface area contributed by atoms with Gasteiger partial charge in [-0.05, 0) is 36.2 Å². The van der Waals surface area contributed by atoms with Gasteiger partial charge in [0.25, 0.3) is 0 Å². The predicted molar refractivity (Wildman–Crippen MR) is 125 cm³/mol. The quantitative estimate of drug-likeness (QED) is 0.382. The third kappa shape index (κ3) is 4.24. The highest BCUT2D eigenvalue weighted by molar-refractivity contribution is 8.05. The van der Waals surface area contributed by atoms with Crippen LogP contribution in [0.3, 0.4) is 0 Å². The van der Waals surface area contributed by atoms with Crippen LogP contribution in [-0.2, 0) is 0 Å². The highest BCUT2D eigenvalue weighted by Gasteiger charge is 2.36. The Hall–Kier alpha value is -2.33. The molecule has 1 aliphatic rings. The van der Waals surface area contributed by atoms with Crippen molar-refractivity contribution < 1.29 is 9.59 Å². The van der Waals surface area contributed by atoms with Gasteiger partial charge in [0.2, 0.25) is 5.78 Å². The van der Waals surface area contributed by atoms with Gasteiger partial charge in [0.05, 0.1) is 20.2 Å². The largest absolute Gasteiger partial charge is 0.293 e. The topological polar surface area (TPSA) is 34.1 Å². The van der Waals surface area contributed by atoms with Crippen LogP contribution >= 0.6 is 35.0 Å². The fourth-order valence-corrected chi connectivity index (χ4v) is 5.41. The van der Waals surface area contributed by atoms with Crippen LogP contribution < -0.4 is 0 Å². The lowest BCUT2D eigenvalue weighted by atomic mass is 9.87. The zero-order chi connectivity index (χ0) is 21.1. The molecule has 0 unspecified atom stereocenters. The lowest BCUT2D eigenvalue weighted by molar-refractivity contribution is 0.0981. The summed E-state index contributed by atoms with van der Waals surface area (Å²) in [5.41, 5.74) is 1.99. The molecular weight excluding hydrogens is 435 g/mol. The molecule has 0 radical (unpaired) electrons. The van der Waals surface area contributed by atoms with E-state index in [0.29, 0.717) is 32.5 Å². The van der Waals surface area contributed by atoms with Crippen molar-refractivity contribution in [3.05, 3.63) is 117 Å². The standard InChI is InChI=1S/C25H18Cl2O2S/c26-20-12-6-4-10-18(20)23(28)22-15-14-17(16-8-2-1-3-9-16)25(30-22)24(29)19-11-5-7-13-21(19)27/h1-13,15,17,25H,14H2/t17-,25+/m0/s1. The fraction of sp³-hybridized carbons (Fsp3) is 0.120. The van der Waals surface area contributed by atoms with E-state index in [1.165, 1.54) is 11.8 Å². The van der Waals surface area contributed by atoms with Crippen LogP contribution in [0.1, 0.15) is 38.6 Å². The van der Waals surface area contributed by atoms with E-state index in [1.807, 2.05) is 36.4 Å². The number of benzene rings is 3. The summed E-state index contributed by atoms with van der Waals surface area (Å²) in [5, 5.41) is 0.366. The Morgan fingerprint density at radius 1 is 0.767 bits per heavy atom. The molecule has 0 saturated heterocycles. The van der Waals surface area contributed by atoms with Gasteiger partial charge in [-0.15, -0.1) is 11.8 Å². The van der Waals surface area contributed by atoms with E-state index in [9.17, 15) is 9.59 Å². The SMILES string of the molecule is O=C(C1=CC[C@@H](c2ccccc2)[C@H](C(=O)c2ccccc2Cl)S1)c1ccccc1Cl. The Morgan fingerprint density at radius 2 is 1.33 bits per heavy atom. The third-order valence-corrected chi connectivity index (χ3v) is 7.21. The second kappa shape index (κ2) is 9.22. The molecule has 0 amide bonds. The van der Waals surface area contributed by atoms with E-state index >= 15 is 0 Å². The summed E-state index contributed by atoms with van der Waals surface area (Å²) in [7, 11) is 0.